The standard InChI is InChI=1S/C8H15N2.C2H3F3O3S/c1-3-4-5-10-7-6-9(2)8-10;3-2(4,5)1-9(6,7)8/h6-8H,3-5H2,1-2H3;1H2,(H,6,7,8)/q+1;/p-1. The second-order valence-corrected chi connectivity index (χ2v) is 5.39. The summed E-state index contributed by atoms with van der Waals surface area (Å²) in [7, 11) is -3.11. The van der Waals surface area contributed by atoms with Crippen molar-refractivity contribution < 1.29 is 30.7 Å². The Morgan fingerprint density at radius 2 is 1.95 bits per heavy atom. The van der Waals surface area contributed by atoms with Gasteiger partial charge < -0.3 is 4.55 Å². The molecule has 1 aromatic heterocycles. The molecule has 5 nitrogen and oxygen atoms in total. The van der Waals surface area contributed by atoms with E-state index in [0.29, 0.717) is 0 Å². The lowest BCUT2D eigenvalue weighted by molar-refractivity contribution is -0.671. The first-order valence-corrected chi connectivity index (χ1v) is 7.12. The van der Waals surface area contributed by atoms with Gasteiger partial charge in [0.2, 0.25) is 6.33 Å². The number of imidazole rings is 1. The molecular formula is C10H17F3N2O3S. The van der Waals surface area contributed by atoms with Gasteiger partial charge >= 0.3 is 6.18 Å². The number of hydrogen-bond donors (Lipinski definition) is 0. The van der Waals surface area contributed by atoms with Gasteiger partial charge in [-0.15, -0.1) is 0 Å². The first-order valence-electron chi connectivity index (χ1n) is 5.55. The zero-order chi connectivity index (χ0) is 15.1. The van der Waals surface area contributed by atoms with Crippen molar-refractivity contribution in [3.63, 3.8) is 0 Å². The molecule has 0 spiro atoms. The molecule has 0 saturated carbocycles. The summed E-state index contributed by atoms with van der Waals surface area (Å²) in [5.41, 5.74) is 0. The van der Waals surface area contributed by atoms with Gasteiger partial charge in [0.15, 0.2) is 0 Å². The maximum atomic E-state index is 11.0. The maximum Gasteiger partial charge on any atom is 0.401 e. The van der Waals surface area contributed by atoms with Crippen LogP contribution in [0.3, 0.4) is 0 Å². The molecule has 0 aliphatic heterocycles. The molecule has 112 valence electrons. The van der Waals surface area contributed by atoms with Crippen LogP contribution in [0.25, 0.3) is 0 Å². The second kappa shape index (κ2) is 7.49. The lowest BCUT2D eigenvalue weighted by atomic mass is 10.3. The van der Waals surface area contributed by atoms with Crippen LogP contribution >= 0.6 is 0 Å². The highest BCUT2D eigenvalue weighted by Crippen LogP contribution is 2.15. The highest BCUT2D eigenvalue weighted by atomic mass is 32.2. The Labute approximate surface area is 110 Å². The number of aryl methyl sites for hydroxylation is 2. The van der Waals surface area contributed by atoms with E-state index < -0.39 is 22.0 Å². The van der Waals surface area contributed by atoms with E-state index in [2.05, 4.69) is 34.8 Å². The molecule has 1 heterocycles. The fourth-order valence-electron chi connectivity index (χ4n) is 1.18. The van der Waals surface area contributed by atoms with Crippen molar-refractivity contribution in [1.29, 1.82) is 0 Å². The van der Waals surface area contributed by atoms with E-state index in [9.17, 15) is 26.1 Å². The molecule has 0 fully saturated rings. The minimum Gasteiger partial charge on any atom is -0.748 e. The molecule has 0 bridgehead atoms. The predicted molar refractivity (Wildman–Crippen MR) is 61.1 cm³/mol. The van der Waals surface area contributed by atoms with E-state index in [-0.39, 0.29) is 0 Å². The molecular weight excluding hydrogens is 285 g/mol. The van der Waals surface area contributed by atoms with Gasteiger partial charge in [0.1, 0.15) is 28.3 Å². The minimum absolute atomic E-state index is 1.15. The number of hydrogen-bond acceptors (Lipinski definition) is 3. The highest BCUT2D eigenvalue weighted by Gasteiger charge is 2.30. The van der Waals surface area contributed by atoms with E-state index in [1.54, 1.807) is 0 Å². The van der Waals surface area contributed by atoms with Gasteiger partial charge in [-0.05, 0) is 6.42 Å². The van der Waals surface area contributed by atoms with E-state index in [1.807, 2.05) is 7.05 Å². The highest BCUT2D eigenvalue weighted by molar-refractivity contribution is 7.85. The van der Waals surface area contributed by atoms with Crippen LogP contribution in [0.1, 0.15) is 19.8 Å². The van der Waals surface area contributed by atoms with E-state index in [4.69, 9.17) is 0 Å². The third-order valence-electron chi connectivity index (χ3n) is 1.93. The summed E-state index contributed by atoms with van der Waals surface area (Å²) < 4.78 is 65.3. The number of aromatic nitrogens is 2. The average molecular weight is 302 g/mol. The Bertz CT molecular complexity index is 469. The lowest BCUT2D eigenvalue weighted by Crippen LogP contribution is -2.23. The molecule has 1 aromatic rings. The topological polar surface area (TPSA) is 66.0 Å². The normalized spacial score (nSPS) is 11.9. The molecule has 0 unspecified atom stereocenters. The van der Waals surface area contributed by atoms with Gasteiger partial charge in [-0.1, -0.05) is 13.3 Å². The van der Waals surface area contributed by atoms with Gasteiger partial charge in [0, 0.05) is 0 Å². The lowest BCUT2D eigenvalue weighted by Gasteiger charge is -2.08. The SMILES string of the molecule is CCCCn1cc[n+](C)c1.O=S(=O)([O-])CC(F)(F)F. The van der Waals surface area contributed by atoms with Crippen molar-refractivity contribution in [2.75, 3.05) is 5.75 Å². The molecule has 0 aromatic carbocycles. The fraction of sp³-hybridized carbons (Fsp3) is 0.700. The Morgan fingerprint density at radius 1 is 1.37 bits per heavy atom. The van der Waals surface area contributed by atoms with Crippen LogP contribution in [0.15, 0.2) is 18.7 Å². The Kier molecular flexibility index (Phi) is 7.06. The van der Waals surface area contributed by atoms with Crippen LogP contribution in [0.2, 0.25) is 0 Å². The van der Waals surface area contributed by atoms with Gasteiger partial charge in [-0.2, -0.15) is 13.2 Å². The van der Waals surface area contributed by atoms with Crippen LogP contribution in [0.5, 0.6) is 0 Å². The van der Waals surface area contributed by atoms with Crippen LogP contribution in [0.4, 0.5) is 13.2 Å². The quantitative estimate of drug-likeness (QED) is 0.620. The van der Waals surface area contributed by atoms with Crippen molar-refractivity contribution in [2.45, 2.75) is 32.5 Å². The summed E-state index contributed by atoms with van der Waals surface area (Å²) in [6.45, 7) is 3.36. The van der Waals surface area contributed by atoms with Crippen molar-refractivity contribution in [1.82, 2.24) is 4.57 Å². The summed E-state index contributed by atoms with van der Waals surface area (Å²) in [5, 5.41) is 0. The zero-order valence-corrected chi connectivity index (χ0v) is 11.5. The summed E-state index contributed by atoms with van der Waals surface area (Å²) in [6.07, 6.45) is 3.90. The van der Waals surface area contributed by atoms with Gasteiger partial charge in [0.05, 0.1) is 13.6 Å². The molecule has 0 saturated heterocycles. The molecule has 0 aliphatic rings. The van der Waals surface area contributed by atoms with Crippen LogP contribution in [0, 0.1) is 0 Å². The number of nitrogens with zero attached hydrogens (tertiary/aromatic N) is 2. The number of halogens is 3. The van der Waals surface area contributed by atoms with E-state index >= 15 is 0 Å². The van der Waals surface area contributed by atoms with Crippen molar-refractivity contribution >= 4 is 10.1 Å². The minimum atomic E-state index is -5.16. The zero-order valence-electron chi connectivity index (χ0n) is 10.7. The van der Waals surface area contributed by atoms with Crippen molar-refractivity contribution in [3.8, 4) is 0 Å². The van der Waals surface area contributed by atoms with Gasteiger partial charge in [-0.25, -0.2) is 17.6 Å². The fourth-order valence-corrected chi connectivity index (χ4v) is 1.58. The smallest absolute Gasteiger partial charge is 0.401 e. The number of alkyl halides is 3. The molecule has 9 heteroatoms. The summed E-state index contributed by atoms with van der Waals surface area (Å²) >= 11 is 0. The van der Waals surface area contributed by atoms with E-state index in [1.165, 1.54) is 12.8 Å². The molecule has 0 N–H and O–H groups in total. The number of unbranched alkanes of at least 4 members (excludes halogenated alkanes) is 1. The van der Waals surface area contributed by atoms with Gasteiger partial charge in [0.25, 0.3) is 0 Å². The molecule has 0 atom stereocenters. The molecule has 19 heavy (non-hydrogen) atoms. The third kappa shape index (κ3) is 11.7. The summed E-state index contributed by atoms with van der Waals surface area (Å²) in [4.78, 5) is 0. The monoisotopic (exact) mass is 302 g/mol. The predicted octanol–water partition coefficient (Wildman–Crippen LogP) is 1.21. The maximum absolute atomic E-state index is 11.0. The largest absolute Gasteiger partial charge is 0.748 e. The Hall–Kier alpha value is -1.09. The second-order valence-electron chi connectivity index (χ2n) is 3.99. The first-order chi connectivity index (χ1) is 8.53. The molecule has 1 rings (SSSR count). The molecule has 0 amide bonds. The Morgan fingerprint density at radius 3 is 2.21 bits per heavy atom. The van der Waals surface area contributed by atoms with Crippen LogP contribution in [-0.4, -0.2) is 29.5 Å². The number of rotatable bonds is 4. The van der Waals surface area contributed by atoms with Crippen LogP contribution < -0.4 is 4.57 Å². The van der Waals surface area contributed by atoms with E-state index in [0.717, 1.165) is 6.54 Å². The molecule has 0 radical (unpaired) electrons. The average Bonchev–Trinajstić information content (AvgIpc) is 2.56. The van der Waals surface area contributed by atoms with Crippen molar-refractivity contribution in [2.24, 2.45) is 7.05 Å². The Balaban J connectivity index is 0.000000344. The third-order valence-corrected chi connectivity index (χ3v) is 2.61. The summed E-state index contributed by atoms with van der Waals surface area (Å²) in [5.74, 6) is -2.29. The first kappa shape index (κ1) is 17.9. The van der Waals surface area contributed by atoms with Crippen molar-refractivity contribution in [3.05, 3.63) is 18.7 Å². The summed E-state index contributed by atoms with van der Waals surface area (Å²) in [6, 6.07) is 0. The molecule has 0 aliphatic carbocycles. The van der Waals surface area contributed by atoms with Crippen LogP contribution in [-0.2, 0) is 23.7 Å². The van der Waals surface area contributed by atoms with Gasteiger partial charge in [-0.3, -0.25) is 0 Å².